The highest BCUT2D eigenvalue weighted by molar-refractivity contribution is 5.99. The molecular formula is C16H15NO3. The molecule has 0 fully saturated rings. The largest absolute Gasteiger partial charge is 0.480 e. The summed E-state index contributed by atoms with van der Waals surface area (Å²) in [7, 11) is 0. The van der Waals surface area contributed by atoms with Crippen molar-refractivity contribution in [3.05, 3.63) is 66.2 Å². The number of carbonyl (C=O) groups excluding carboxylic acids is 1. The molecule has 0 spiro atoms. The number of carboxylic acids is 1. The average molecular weight is 269 g/mol. The zero-order valence-corrected chi connectivity index (χ0v) is 10.8. The van der Waals surface area contributed by atoms with Crippen LogP contribution in [0.3, 0.4) is 0 Å². The number of Topliss-reactive ketones (excluding diaryl/α,β-unsaturated/α-hetero) is 1. The molecule has 2 aromatic carbocycles. The highest BCUT2D eigenvalue weighted by atomic mass is 16.4. The third-order valence-electron chi connectivity index (χ3n) is 2.90. The highest BCUT2D eigenvalue weighted by Gasteiger charge is 2.21. The third kappa shape index (κ3) is 3.68. The first kappa shape index (κ1) is 13.8. The van der Waals surface area contributed by atoms with E-state index in [0.29, 0.717) is 11.3 Å². The molecule has 2 N–H and O–H groups in total. The van der Waals surface area contributed by atoms with Gasteiger partial charge in [-0.1, -0.05) is 48.5 Å². The highest BCUT2D eigenvalue weighted by Crippen LogP contribution is 2.12. The van der Waals surface area contributed by atoms with Gasteiger partial charge in [-0.25, -0.2) is 4.79 Å². The summed E-state index contributed by atoms with van der Waals surface area (Å²) in [5.74, 6) is -1.24. The minimum atomic E-state index is -1.04. The lowest BCUT2D eigenvalue weighted by Crippen LogP contribution is -2.31. The van der Waals surface area contributed by atoms with Gasteiger partial charge >= 0.3 is 5.97 Å². The van der Waals surface area contributed by atoms with Gasteiger partial charge < -0.3 is 10.4 Å². The Hall–Kier alpha value is -2.62. The lowest BCUT2D eigenvalue weighted by molar-refractivity contribution is -0.137. The molecule has 0 saturated heterocycles. The van der Waals surface area contributed by atoms with Crippen LogP contribution in [0.5, 0.6) is 0 Å². The molecule has 0 heterocycles. The lowest BCUT2D eigenvalue weighted by atomic mass is 10.0. The standard InChI is InChI=1S/C16H15NO3/c18-15(12-7-3-1-4-8-12)11-14(16(19)20)17-13-9-5-2-6-10-13/h1-10,14,17H,11H2,(H,19,20)/t14-/m0/s1. The smallest absolute Gasteiger partial charge is 0.326 e. The summed E-state index contributed by atoms with van der Waals surface area (Å²) < 4.78 is 0. The van der Waals surface area contributed by atoms with Crippen LogP contribution >= 0.6 is 0 Å². The maximum absolute atomic E-state index is 12.0. The van der Waals surface area contributed by atoms with Crippen molar-refractivity contribution >= 4 is 17.4 Å². The first-order chi connectivity index (χ1) is 9.66. The molecule has 0 radical (unpaired) electrons. The van der Waals surface area contributed by atoms with Gasteiger partial charge in [0.2, 0.25) is 0 Å². The summed E-state index contributed by atoms with van der Waals surface area (Å²) in [6.07, 6.45) is -0.0890. The fraction of sp³-hybridized carbons (Fsp3) is 0.125. The quantitative estimate of drug-likeness (QED) is 0.791. The number of ketones is 1. The zero-order chi connectivity index (χ0) is 14.4. The number of para-hydroxylation sites is 1. The van der Waals surface area contributed by atoms with Crippen molar-refractivity contribution in [2.24, 2.45) is 0 Å². The van der Waals surface area contributed by atoms with Crippen molar-refractivity contribution in [1.82, 2.24) is 0 Å². The SMILES string of the molecule is O=C(C[C@H](Nc1ccccc1)C(=O)O)c1ccccc1. The van der Waals surface area contributed by atoms with Crippen molar-refractivity contribution < 1.29 is 14.7 Å². The van der Waals surface area contributed by atoms with E-state index in [4.69, 9.17) is 0 Å². The molecule has 2 rings (SSSR count). The van der Waals surface area contributed by atoms with Crippen LogP contribution in [0.25, 0.3) is 0 Å². The van der Waals surface area contributed by atoms with E-state index in [-0.39, 0.29) is 12.2 Å². The van der Waals surface area contributed by atoms with Gasteiger partial charge in [0.05, 0.1) is 0 Å². The maximum atomic E-state index is 12.0. The second-order valence-corrected chi connectivity index (χ2v) is 4.39. The molecule has 2 aromatic rings. The van der Waals surface area contributed by atoms with Gasteiger partial charge in [0.1, 0.15) is 6.04 Å². The minimum absolute atomic E-state index is 0.0890. The number of carboxylic acid groups (broad SMARTS) is 1. The second-order valence-electron chi connectivity index (χ2n) is 4.39. The number of benzene rings is 2. The molecule has 1 atom stereocenters. The molecule has 4 heteroatoms. The molecular weight excluding hydrogens is 254 g/mol. The zero-order valence-electron chi connectivity index (χ0n) is 10.8. The summed E-state index contributed by atoms with van der Waals surface area (Å²) in [4.78, 5) is 23.3. The molecule has 0 aromatic heterocycles. The van der Waals surface area contributed by atoms with Crippen LogP contribution in [0.15, 0.2) is 60.7 Å². The predicted molar refractivity (Wildman–Crippen MR) is 76.9 cm³/mol. The summed E-state index contributed by atoms with van der Waals surface area (Å²) in [5, 5.41) is 12.1. The first-order valence-electron chi connectivity index (χ1n) is 6.29. The molecule has 0 amide bonds. The Balaban J connectivity index is 2.07. The number of rotatable bonds is 6. The number of nitrogens with one attached hydrogen (secondary N) is 1. The molecule has 102 valence electrons. The Bertz CT molecular complexity index is 581. The van der Waals surface area contributed by atoms with E-state index in [1.165, 1.54) is 0 Å². The number of carbonyl (C=O) groups is 2. The van der Waals surface area contributed by atoms with E-state index in [9.17, 15) is 14.7 Å². The third-order valence-corrected chi connectivity index (χ3v) is 2.90. The van der Waals surface area contributed by atoms with Crippen molar-refractivity contribution in [1.29, 1.82) is 0 Å². The summed E-state index contributed by atoms with van der Waals surface area (Å²) in [6, 6.07) is 16.7. The summed E-state index contributed by atoms with van der Waals surface area (Å²) in [5.41, 5.74) is 1.20. The van der Waals surface area contributed by atoms with E-state index in [1.54, 1.807) is 48.5 Å². The maximum Gasteiger partial charge on any atom is 0.326 e. The van der Waals surface area contributed by atoms with Crippen molar-refractivity contribution in [2.75, 3.05) is 5.32 Å². The molecule has 0 aliphatic heterocycles. The fourth-order valence-corrected chi connectivity index (χ4v) is 1.86. The molecule has 0 aliphatic carbocycles. The number of aliphatic carboxylic acids is 1. The fourth-order valence-electron chi connectivity index (χ4n) is 1.86. The Morgan fingerprint density at radius 2 is 1.50 bits per heavy atom. The Kier molecular flexibility index (Phi) is 4.50. The summed E-state index contributed by atoms with van der Waals surface area (Å²) in [6.45, 7) is 0. The number of hydrogen-bond acceptors (Lipinski definition) is 3. The monoisotopic (exact) mass is 269 g/mol. The van der Waals surface area contributed by atoms with Crippen LogP contribution in [-0.2, 0) is 4.79 Å². The Morgan fingerprint density at radius 1 is 0.950 bits per heavy atom. The first-order valence-corrected chi connectivity index (χ1v) is 6.29. The van der Waals surface area contributed by atoms with Gasteiger partial charge in [-0.05, 0) is 12.1 Å². The molecule has 0 unspecified atom stereocenters. The predicted octanol–water partition coefficient (Wildman–Crippen LogP) is 2.82. The van der Waals surface area contributed by atoms with Crippen LogP contribution in [0.4, 0.5) is 5.69 Å². The van der Waals surface area contributed by atoms with Gasteiger partial charge in [-0.15, -0.1) is 0 Å². The van der Waals surface area contributed by atoms with Crippen molar-refractivity contribution in [3.63, 3.8) is 0 Å². The average Bonchev–Trinajstić information content (AvgIpc) is 2.48. The molecule has 20 heavy (non-hydrogen) atoms. The van der Waals surface area contributed by atoms with Gasteiger partial charge in [0, 0.05) is 17.7 Å². The number of hydrogen-bond donors (Lipinski definition) is 2. The van der Waals surface area contributed by atoms with E-state index in [2.05, 4.69) is 5.32 Å². The van der Waals surface area contributed by atoms with E-state index in [1.807, 2.05) is 12.1 Å². The summed E-state index contributed by atoms with van der Waals surface area (Å²) >= 11 is 0. The topological polar surface area (TPSA) is 66.4 Å². The van der Waals surface area contributed by atoms with E-state index < -0.39 is 12.0 Å². The van der Waals surface area contributed by atoms with Crippen molar-refractivity contribution in [3.8, 4) is 0 Å². The minimum Gasteiger partial charge on any atom is -0.480 e. The molecule has 0 saturated carbocycles. The van der Waals surface area contributed by atoms with Gasteiger partial charge in [-0.2, -0.15) is 0 Å². The lowest BCUT2D eigenvalue weighted by Gasteiger charge is -2.15. The van der Waals surface area contributed by atoms with Crippen LogP contribution in [0.2, 0.25) is 0 Å². The van der Waals surface area contributed by atoms with Gasteiger partial charge in [0.25, 0.3) is 0 Å². The number of anilines is 1. The van der Waals surface area contributed by atoms with Crippen molar-refractivity contribution in [2.45, 2.75) is 12.5 Å². The normalized spacial score (nSPS) is 11.6. The molecule has 0 aliphatic rings. The van der Waals surface area contributed by atoms with Crippen LogP contribution in [-0.4, -0.2) is 22.9 Å². The molecule has 0 bridgehead atoms. The van der Waals surface area contributed by atoms with Crippen LogP contribution in [0, 0.1) is 0 Å². The van der Waals surface area contributed by atoms with E-state index >= 15 is 0 Å². The van der Waals surface area contributed by atoms with E-state index in [0.717, 1.165) is 0 Å². The van der Waals surface area contributed by atoms with Crippen LogP contribution < -0.4 is 5.32 Å². The Labute approximate surface area is 117 Å². The Morgan fingerprint density at radius 3 is 2.05 bits per heavy atom. The molecule has 4 nitrogen and oxygen atoms in total. The van der Waals surface area contributed by atoms with Gasteiger partial charge in [0.15, 0.2) is 5.78 Å². The van der Waals surface area contributed by atoms with Crippen LogP contribution in [0.1, 0.15) is 16.8 Å². The van der Waals surface area contributed by atoms with Gasteiger partial charge in [-0.3, -0.25) is 4.79 Å². The second kappa shape index (κ2) is 6.52.